The first kappa shape index (κ1) is 15.4. The quantitative estimate of drug-likeness (QED) is 0.769. The summed E-state index contributed by atoms with van der Waals surface area (Å²) in [6.07, 6.45) is -0.462. The van der Waals surface area contributed by atoms with Gasteiger partial charge in [0.25, 0.3) is 0 Å². The van der Waals surface area contributed by atoms with E-state index in [-0.39, 0.29) is 18.6 Å². The van der Waals surface area contributed by atoms with Gasteiger partial charge in [-0.1, -0.05) is 6.92 Å². The van der Waals surface area contributed by atoms with Gasteiger partial charge in [0.1, 0.15) is 6.42 Å². The van der Waals surface area contributed by atoms with Gasteiger partial charge in [-0.2, -0.15) is 5.26 Å². The van der Waals surface area contributed by atoms with E-state index in [1.807, 2.05) is 0 Å². The molecule has 0 heterocycles. The van der Waals surface area contributed by atoms with Crippen molar-refractivity contribution in [2.24, 2.45) is 5.92 Å². The summed E-state index contributed by atoms with van der Waals surface area (Å²) in [5, 5.41) is 19.5. The van der Waals surface area contributed by atoms with E-state index >= 15 is 0 Å². The van der Waals surface area contributed by atoms with E-state index in [4.69, 9.17) is 10.4 Å². The topological polar surface area (TPSA) is 107 Å². The summed E-state index contributed by atoms with van der Waals surface area (Å²) in [7, 11) is 0. The van der Waals surface area contributed by atoms with Gasteiger partial charge >= 0.3 is 5.97 Å². The predicted octanol–water partition coefficient (Wildman–Crippen LogP) is 1.83. The van der Waals surface area contributed by atoms with Crippen LogP contribution in [0.4, 0.5) is 5.69 Å². The number of nitrogens with zero attached hydrogens (tertiary/aromatic N) is 1. The first-order valence-electron chi connectivity index (χ1n) is 5.97. The van der Waals surface area contributed by atoms with Crippen LogP contribution in [0.25, 0.3) is 0 Å². The number of carboxylic acids is 1. The van der Waals surface area contributed by atoms with Gasteiger partial charge in [-0.15, -0.1) is 0 Å². The smallest absolute Gasteiger partial charge is 0.304 e. The Hall–Kier alpha value is -2.68. The zero-order valence-electron chi connectivity index (χ0n) is 10.9. The highest BCUT2D eigenvalue weighted by Crippen LogP contribution is 2.15. The number of hydrogen-bond acceptors (Lipinski definition) is 4. The number of aliphatic carboxylic acids is 1. The lowest BCUT2D eigenvalue weighted by Crippen LogP contribution is -2.15. The molecule has 1 atom stereocenters. The lowest BCUT2D eigenvalue weighted by Gasteiger charge is -2.08. The van der Waals surface area contributed by atoms with Crippen LogP contribution >= 0.6 is 0 Å². The summed E-state index contributed by atoms with van der Waals surface area (Å²) in [6, 6.07) is 7.84. The normalized spacial score (nSPS) is 11.2. The molecule has 6 heteroatoms. The molecule has 104 valence electrons. The second-order valence-corrected chi connectivity index (χ2v) is 4.32. The van der Waals surface area contributed by atoms with Gasteiger partial charge < -0.3 is 10.4 Å². The minimum absolute atomic E-state index is 0.223. The number of Topliss-reactive ketones (excluding diaryl/α,β-unsaturated/α-hetero) is 1. The Balaban J connectivity index is 2.71. The van der Waals surface area contributed by atoms with Crippen LogP contribution in [-0.4, -0.2) is 22.8 Å². The summed E-state index contributed by atoms with van der Waals surface area (Å²) in [5.41, 5.74) is 0.865. The van der Waals surface area contributed by atoms with Crippen LogP contribution in [0.2, 0.25) is 0 Å². The van der Waals surface area contributed by atoms with Crippen molar-refractivity contribution in [3.8, 4) is 6.07 Å². The first-order valence-corrected chi connectivity index (χ1v) is 5.97. The zero-order chi connectivity index (χ0) is 15.1. The molecule has 6 nitrogen and oxygen atoms in total. The predicted molar refractivity (Wildman–Crippen MR) is 71.0 cm³/mol. The third kappa shape index (κ3) is 4.53. The molecule has 1 aromatic carbocycles. The van der Waals surface area contributed by atoms with E-state index in [1.54, 1.807) is 13.0 Å². The molecule has 1 aromatic rings. The van der Waals surface area contributed by atoms with Crippen LogP contribution in [0, 0.1) is 17.2 Å². The molecule has 0 aliphatic carbocycles. The average Bonchev–Trinajstić information content (AvgIpc) is 2.38. The number of ketones is 1. The SMILES string of the molecule is CC(CC(=O)O)C(=O)c1ccc(NC(=O)CC#N)cc1. The molecule has 0 aromatic heterocycles. The van der Waals surface area contributed by atoms with Crippen LogP contribution in [0.3, 0.4) is 0 Å². The van der Waals surface area contributed by atoms with Crippen molar-refractivity contribution >= 4 is 23.3 Å². The molecule has 1 unspecified atom stereocenters. The molecule has 0 saturated heterocycles. The Morgan fingerprint density at radius 2 is 1.90 bits per heavy atom. The van der Waals surface area contributed by atoms with Gasteiger partial charge in [0.15, 0.2) is 5.78 Å². The van der Waals surface area contributed by atoms with Crippen molar-refractivity contribution in [3.63, 3.8) is 0 Å². The highest BCUT2D eigenvalue weighted by atomic mass is 16.4. The molecule has 0 aliphatic heterocycles. The number of anilines is 1. The van der Waals surface area contributed by atoms with Gasteiger partial charge in [-0.3, -0.25) is 14.4 Å². The molecular formula is C14H14N2O4. The molecule has 2 N–H and O–H groups in total. The Labute approximate surface area is 116 Å². The van der Waals surface area contributed by atoms with Crippen molar-refractivity contribution < 1.29 is 19.5 Å². The molecule has 0 spiro atoms. The average molecular weight is 274 g/mol. The van der Waals surface area contributed by atoms with Gasteiger partial charge in [0.2, 0.25) is 5.91 Å². The Morgan fingerprint density at radius 3 is 2.40 bits per heavy atom. The lowest BCUT2D eigenvalue weighted by atomic mass is 9.96. The molecule has 0 radical (unpaired) electrons. The Morgan fingerprint density at radius 1 is 1.30 bits per heavy atom. The Kier molecular flexibility index (Phi) is 5.42. The number of hydrogen-bond donors (Lipinski definition) is 2. The third-order valence-corrected chi connectivity index (χ3v) is 2.62. The number of nitrogens with one attached hydrogen (secondary N) is 1. The van der Waals surface area contributed by atoms with Crippen molar-refractivity contribution in [3.05, 3.63) is 29.8 Å². The fourth-order valence-electron chi connectivity index (χ4n) is 1.63. The highest BCUT2D eigenvalue weighted by molar-refractivity contribution is 6.00. The van der Waals surface area contributed by atoms with E-state index in [1.165, 1.54) is 24.3 Å². The largest absolute Gasteiger partial charge is 0.481 e. The summed E-state index contributed by atoms with van der Waals surface area (Å²) in [4.78, 5) is 33.7. The van der Waals surface area contributed by atoms with Crippen molar-refractivity contribution in [2.45, 2.75) is 19.8 Å². The van der Waals surface area contributed by atoms with Crippen LogP contribution in [0.1, 0.15) is 30.1 Å². The number of carboxylic acid groups (broad SMARTS) is 1. The van der Waals surface area contributed by atoms with Crippen LogP contribution in [0.5, 0.6) is 0 Å². The van der Waals surface area contributed by atoms with Gasteiger partial charge in [0.05, 0.1) is 12.5 Å². The molecular weight excluding hydrogens is 260 g/mol. The number of amides is 1. The van der Waals surface area contributed by atoms with Crippen LogP contribution in [0.15, 0.2) is 24.3 Å². The minimum atomic E-state index is -1.02. The van der Waals surface area contributed by atoms with E-state index in [0.29, 0.717) is 11.3 Å². The fourth-order valence-corrected chi connectivity index (χ4v) is 1.63. The third-order valence-electron chi connectivity index (χ3n) is 2.62. The van der Waals surface area contributed by atoms with Crippen molar-refractivity contribution in [1.82, 2.24) is 0 Å². The molecule has 1 rings (SSSR count). The van der Waals surface area contributed by atoms with Gasteiger partial charge in [0, 0.05) is 17.2 Å². The monoisotopic (exact) mass is 274 g/mol. The molecule has 0 bridgehead atoms. The first-order chi connectivity index (χ1) is 9.43. The maximum absolute atomic E-state index is 11.9. The van der Waals surface area contributed by atoms with Crippen molar-refractivity contribution in [1.29, 1.82) is 5.26 Å². The number of carbonyl (C=O) groups is 3. The Bertz CT molecular complexity index is 558. The summed E-state index contributed by atoms with van der Waals surface area (Å²) < 4.78 is 0. The molecule has 0 fully saturated rings. The van der Waals surface area contributed by atoms with E-state index in [0.717, 1.165) is 0 Å². The van der Waals surface area contributed by atoms with Gasteiger partial charge in [-0.05, 0) is 24.3 Å². The lowest BCUT2D eigenvalue weighted by molar-refractivity contribution is -0.137. The maximum atomic E-state index is 11.9. The highest BCUT2D eigenvalue weighted by Gasteiger charge is 2.18. The van der Waals surface area contributed by atoms with E-state index in [9.17, 15) is 14.4 Å². The number of benzene rings is 1. The van der Waals surface area contributed by atoms with Crippen molar-refractivity contribution in [2.75, 3.05) is 5.32 Å². The summed E-state index contributed by atoms with van der Waals surface area (Å²) >= 11 is 0. The summed E-state index contributed by atoms with van der Waals surface area (Å²) in [5.74, 6) is -2.31. The van der Waals surface area contributed by atoms with Crippen LogP contribution in [-0.2, 0) is 9.59 Å². The zero-order valence-corrected chi connectivity index (χ0v) is 10.9. The maximum Gasteiger partial charge on any atom is 0.304 e. The molecule has 1 amide bonds. The molecule has 0 saturated carbocycles. The standard InChI is InChI=1S/C14H14N2O4/c1-9(8-13(18)19)14(20)10-2-4-11(5-3-10)16-12(17)6-7-15/h2-5,9H,6,8H2,1H3,(H,16,17)(H,18,19). The molecule has 20 heavy (non-hydrogen) atoms. The second kappa shape index (κ2) is 7.04. The molecule has 0 aliphatic rings. The van der Waals surface area contributed by atoms with Gasteiger partial charge in [-0.25, -0.2) is 0 Å². The van der Waals surface area contributed by atoms with E-state index < -0.39 is 17.8 Å². The number of nitriles is 1. The minimum Gasteiger partial charge on any atom is -0.481 e. The second-order valence-electron chi connectivity index (χ2n) is 4.32. The summed E-state index contributed by atoms with van der Waals surface area (Å²) in [6.45, 7) is 1.55. The van der Waals surface area contributed by atoms with Crippen LogP contribution < -0.4 is 5.32 Å². The fraction of sp³-hybridized carbons (Fsp3) is 0.286. The van der Waals surface area contributed by atoms with E-state index in [2.05, 4.69) is 5.32 Å². The number of rotatable bonds is 6. The number of carbonyl (C=O) groups excluding carboxylic acids is 2.